The van der Waals surface area contributed by atoms with E-state index in [0.717, 1.165) is 11.3 Å². The lowest BCUT2D eigenvalue weighted by Gasteiger charge is -2.28. The van der Waals surface area contributed by atoms with Crippen LogP contribution >= 0.6 is 8.58 Å². The van der Waals surface area contributed by atoms with E-state index in [-0.39, 0.29) is 0 Å². The van der Waals surface area contributed by atoms with Crippen molar-refractivity contribution in [3.63, 3.8) is 0 Å². The molecule has 0 heterocycles. The van der Waals surface area contributed by atoms with Crippen molar-refractivity contribution < 1.29 is 0 Å². The van der Waals surface area contributed by atoms with E-state index in [0.29, 0.717) is 17.8 Å². The molecule has 34 heavy (non-hydrogen) atoms. The molecule has 0 amide bonds. The number of benzene rings is 2. The highest BCUT2D eigenvalue weighted by Gasteiger charge is 2.20. The minimum Gasteiger partial charge on any atom is -0.116 e. The van der Waals surface area contributed by atoms with Gasteiger partial charge in [0.2, 0.25) is 0 Å². The molecule has 0 radical (unpaired) electrons. The summed E-state index contributed by atoms with van der Waals surface area (Å²) in [5.74, 6) is 1.68. The predicted molar refractivity (Wildman–Crippen MR) is 156 cm³/mol. The summed E-state index contributed by atoms with van der Waals surface area (Å²) in [7, 11) is 1.33. The Kier molecular flexibility index (Phi) is 11.2. The average Bonchev–Trinajstić information content (AvgIpc) is 2.85. The van der Waals surface area contributed by atoms with Crippen molar-refractivity contribution in [2.45, 2.75) is 135 Å². The molecule has 0 aromatic heterocycles. The largest absolute Gasteiger partial charge is 0.116 e. The Balaban J connectivity index is 0.000000212. The van der Waals surface area contributed by atoms with Crippen LogP contribution in [0.5, 0.6) is 0 Å². The first-order chi connectivity index (χ1) is 16.4. The molecule has 0 atom stereocenters. The Morgan fingerprint density at radius 1 is 0.559 bits per heavy atom. The highest BCUT2D eigenvalue weighted by Crippen LogP contribution is 2.41. The molecule has 0 N–H and O–H groups in total. The molecule has 0 spiro atoms. The molecule has 1 heteroatoms. The van der Waals surface area contributed by atoms with Gasteiger partial charge in [-0.3, -0.25) is 0 Å². The second kappa shape index (κ2) is 13.8. The van der Waals surface area contributed by atoms with Crippen LogP contribution in [-0.2, 0) is 0 Å². The Hall–Kier alpha value is -1.13. The average molecular weight is 479 g/mol. The SMILES string of the molecule is C1CCC(PC2CCCCC2)CC1.CC(C)c1ccc(-c2c(C(C)C)cccc2C(C)C)cc1. The summed E-state index contributed by atoms with van der Waals surface area (Å²) in [6.07, 6.45) is 15.4. The Labute approximate surface area is 213 Å². The fourth-order valence-electron chi connectivity index (χ4n) is 5.79. The summed E-state index contributed by atoms with van der Waals surface area (Å²) in [6, 6.07) is 15.9. The maximum atomic E-state index is 2.29. The van der Waals surface area contributed by atoms with Crippen molar-refractivity contribution >= 4 is 8.58 Å². The quantitative estimate of drug-likeness (QED) is 0.362. The first-order valence-electron chi connectivity index (χ1n) is 14.4. The van der Waals surface area contributed by atoms with Gasteiger partial charge in [-0.05, 0) is 82.6 Å². The van der Waals surface area contributed by atoms with Crippen molar-refractivity contribution in [2.75, 3.05) is 0 Å². The number of rotatable bonds is 6. The molecule has 188 valence electrons. The highest BCUT2D eigenvalue weighted by molar-refractivity contribution is 7.39. The lowest BCUT2D eigenvalue weighted by atomic mass is 9.84. The smallest absolute Gasteiger partial charge is 0.0115 e. The third-order valence-corrected chi connectivity index (χ3v) is 10.0. The first kappa shape index (κ1) is 27.5. The molecule has 2 saturated carbocycles. The predicted octanol–water partition coefficient (Wildman–Crippen LogP) is 11.1. The van der Waals surface area contributed by atoms with Crippen molar-refractivity contribution in [1.82, 2.24) is 0 Å². The van der Waals surface area contributed by atoms with Crippen LogP contribution in [0, 0.1) is 0 Å². The molecular formula is C33H51P. The molecule has 0 unspecified atom stereocenters. The fraction of sp³-hybridized carbons (Fsp3) is 0.636. The van der Waals surface area contributed by atoms with E-state index in [1.807, 2.05) is 0 Å². The minimum absolute atomic E-state index is 0.545. The van der Waals surface area contributed by atoms with Gasteiger partial charge in [0.25, 0.3) is 0 Å². The van der Waals surface area contributed by atoms with E-state index in [1.54, 1.807) is 25.7 Å². The van der Waals surface area contributed by atoms with Gasteiger partial charge in [-0.15, -0.1) is 8.58 Å². The summed E-state index contributed by atoms with van der Waals surface area (Å²) in [4.78, 5) is 0. The molecule has 0 bridgehead atoms. The van der Waals surface area contributed by atoms with Crippen LogP contribution < -0.4 is 0 Å². The number of hydrogen-bond acceptors (Lipinski definition) is 0. The third kappa shape index (κ3) is 7.95. The lowest BCUT2D eigenvalue weighted by molar-refractivity contribution is 0.490. The van der Waals surface area contributed by atoms with Crippen LogP contribution in [0.2, 0.25) is 0 Å². The summed E-state index contributed by atoms with van der Waals surface area (Å²) < 4.78 is 0. The molecule has 0 aliphatic heterocycles. The second-order valence-electron chi connectivity index (χ2n) is 11.7. The van der Waals surface area contributed by atoms with Crippen LogP contribution in [0.15, 0.2) is 42.5 Å². The summed E-state index contributed by atoms with van der Waals surface area (Å²) in [6.45, 7) is 13.6. The molecule has 2 aliphatic rings. The zero-order valence-corrected chi connectivity index (χ0v) is 24.0. The topological polar surface area (TPSA) is 0 Å². The Bertz CT molecular complexity index is 791. The van der Waals surface area contributed by atoms with E-state index >= 15 is 0 Å². The van der Waals surface area contributed by atoms with Gasteiger partial charge in [0, 0.05) is 0 Å². The maximum Gasteiger partial charge on any atom is -0.0115 e. The molecule has 0 nitrogen and oxygen atoms in total. The van der Waals surface area contributed by atoms with Gasteiger partial charge >= 0.3 is 0 Å². The van der Waals surface area contributed by atoms with Crippen molar-refractivity contribution in [1.29, 1.82) is 0 Å². The summed E-state index contributed by atoms with van der Waals surface area (Å²) >= 11 is 0. The fourth-order valence-corrected chi connectivity index (χ4v) is 7.94. The second-order valence-corrected chi connectivity index (χ2v) is 13.7. The van der Waals surface area contributed by atoms with Crippen molar-refractivity contribution in [2.24, 2.45) is 0 Å². The van der Waals surface area contributed by atoms with Gasteiger partial charge in [-0.1, -0.05) is 123 Å². The van der Waals surface area contributed by atoms with Crippen LogP contribution in [0.1, 0.15) is 140 Å². The van der Waals surface area contributed by atoms with E-state index in [4.69, 9.17) is 0 Å². The van der Waals surface area contributed by atoms with E-state index in [2.05, 4.69) is 84.0 Å². The summed E-state index contributed by atoms with van der Waals surface area (Å²) in [5.41, 5.74) is 9.42. The summed E-state index contributed by atoms with van der Waals surface area (Å²) in [5, 5.41) is 0. The normalized spacial score (nSPS) is 17.8. The zero-order chi connectivity index (χ0) is 24.5. The van der Waals surface area contributed by atoms with Gasteiger partial charge in [0.15, 0.2) is 0 Å². The first-order valence-corrected chi connectivity index (χ1v) is 15.5. The van der Waals surface area contributed by atoms with Gasteiger partial charge in [-0.25, -0.2) is 0 Å². The molecule has 2 aromatic carbocycles. The standard InChI is InChI=1S/C21H28.C12H23P/c1-14(2)17-10-12-18(13-11-17)21-19(15(3)4)8-7-9-20(21)16(5)6;1-3-7-11(8-4-1)13-12-9-5-2-6-10-12/h7-16H,1-6H3;11-13H,1-10H2. The molecule has 2 aliphatic carbocycles. The van der Waals surface area contributed by atoms with Crippen LogP contribution in [0.4, 0.5) is 0 Å². The van der Waals surface area contributed by atoms with E-state index < -0.39 is 0 Å². The number of hydrogen-bond donors (Lipinski definition) is 0. The van der Waals surface area contributed by atoms with Crippen LogP contribution in [0.3, 0.4) is 0 Å². The molecule has 4 rings (SSSR count). The van der Waals surface area contributed by atoms with Crippen LogP contribution in [0.25, 0.3) is 11.1 Å². The van der Waals surface area contributed by atoms with E-state index in [1.165, 1.54) is 74.9 Å². The molecular weight excluding hydrogens is 427 g/mol. The highest BCUT2D eigenvalue weighted by atomic mass is 31.1. The monoisotopic (exact) mass is 478 g/mol. The zero-order valence-electron chi connectivity index (χ0n) is 23.0. The van der Waals surface area contributed by atoms with Crippen molar-refractivity contribution in [3.8, 4) is 11.1 Å². The molecule has 2 aromatic rings. The van der Waals surface area contributed by atoms with Gasteiger partial charge in [0.1, 0.15) is 0 Å². The lowest BCUT2D eigenvalue weighted by Crippen LogP contribution is -2.14. The van der Waals surface area contributed by atoms with Gasteiger partial charge < -0.3 is 0 Å². The molecule has 0 saturated heterocycles. The van der Waals surface area contributed by atoms with Gasteiger partial charge in [-0.2, -0.15) is 0 Å². The van der Waals surface area contributed by atoms with Crippen molar-refractivity contribution in [3.05, 3.63) is 59.2 Å². The Morgan fingerprint density at radius 3 is 1.38 bits per heavy atom. The third-order valence-electron chi connectivity index (χ3n) is 7.92. The van der Waals surface area contributed by atoms with E-state index in [9.17, 15) is 0 Å². The minimum atomic E-state index is 0.545. The van der Waals surface area contributed by atoms with Crippen LogP contribution in [-0.4, -0.2) is 11.3 Å². The maximum absolute atomic E-state index is 2.29. The molecule has 2 fully saturated rings. The van der Waals surface area contributed by atoms with Gasteiger partial charge in [0.05, 0.1) is 0 Å². The Morgan fingerprint density at radius 2 is 1.00 bits per heavy atom.